The van der Waals surface area contributed by atoms with Gasteiger partial charge in [-0.05, 0) is 16.3 Å². The van der Waals surface area contributed by atoms with E-state index in [0.29, 0.717) is 13.2 Å². The Kier molecular flexibility index (Phi) is 5.13. The summed E-state index contributed by atoms with van der Waals surface area (Å²) in [5, 5.41) is 5.82. The normalized spacial score (nSPS) is 10.9. The van der Waals surface area contributed by atoms with Gasteiger partial charge in [-0.1, -0.05) is 56.3 Å². The van der Waals surface area contributed by atoms with Crippen molar-refractivity contribution in [2.24, 2.45) is 5.92 Å². The summed E-state index contributed by atoms with van der Waals surface area (Å²) in [7, 11) is 0. The molecule has 0 aliphatic heterocycles. The van der Waals surface area contributed by atoms with E-state index in [9.17, 15) is 4.79 Å². The fourth-order valence-electron chi connectivity index (χ4n) is 2.06. The second-order valence-corrected chi connectivity index (χ2v) is 5.14. The fourth-order valence-corrected chi connectivity index (χ4v) is 2.06. The van der Waals surface area contributed by atoms with Crippen molar-refractivity contribution in [3.8, 4) is 0 Å². The van der Waals surface area contributed by atoms with Crippen LogP contribution in [0.1, 0.15) is 19.4 Å². The Labute approximate surface area is 119 Å². The molecular weight excluding hydrogens is 250 g/mol. The van der Waals surface area contributed by atoms with Crippen molar-refractivity contribution < 1.29 is 9.53 Å². The molecule has 106 valence electrons. The van der Waals surface area contributed by atoms with Crippen LogP contribution in [0.25, 0.3) is 10.8 Å². The minimum atomic E-state index is -0.142. The molecular formula is C17H21NO2. The summed E-state index contributed by atoms with van der Waals surface area (Å²) in [6.07, 6.45) is 0. The van der Waals surface area contributed by atoms with Crippen molar-refractivity contribution >= 4 is 16.7 Å². The molecule has 2 aromatic carbocycles. The Hall–Kier alpha value is -1.87. The van der Waals surface area contributed by atoms with Crippen LogP contribution in [-0.2, 0) is 16.1 Å². The number of nitrogens with one attached hydrogen (secondary N) is 1. The van der Waals surface area contributed by atoms with Gasteiger partial charge in [0.15, 0.2) is 0 Å². The van der Waals surface area contributed by atoms with Crippen LogP contribution >= 0.6 is 0 Å². The summed E-state index contributed by atoms with van der Waals surface area (Å²) in [5.74, 6) is -0.204. The van der Waals surface area contributed by atoms with E-state index in [1.54, 1.807) is 0 Å². The van der Waals surface area contributed by atoms with Crippen LogP contribution in [0.4, 0.5) is 0 Å². The fraction of sp³-hybridized carbons (Fsp3) is 0.353. The predicted molar refractivity (Wildman–Crippen MR) is 81.5 cm³/mol. The number of esters is 1. The molecule has 0 spiro atoms. The maximum atomic E-state index is 11.3. The van der Waals surface area contributed by atoms with Crippen molar-refractivity contribution in [2.75, 3.05) is 13.2 Å². The number of ether oxygens (including phenoxy) is 1. The highest BCUT2D eigenvalue weighted by Crippen LogP contribution is 2.17. The minimum absolute atomic E-state index is 0.0620. The zero-order chi connectivity index (χ0) is 14.4. The molecule has 2 rings (SSSR count). The average molecular weight is 271 g/mol. The molecule has 0 saturated heterocycles. The first kappa shape index (κ1) is 14.5. The molecule has 2 aromatic rings. The molecule has 3 nitrogen and oxygen atoms in total. The van der Waals surface area contributed by atoms with E-state index in [1.165, 1.54) is 16.3 Å². The standard InChI is InChI=1S/C17H21NO2/c1-13(2)17(19)20-11-10-18-12-15-8-5-7-14-6-3-4-9-16(14)15/h3-9,13,18H,10-12H2,1-2H3. The Morgan fingerprint density at radius 2 is 1.90 bits per heavy atom. The zero-order valence-electron chi connectivity index (χ0n) is 12.1. The molecule has 0 fully saturated rings. The lowest BCUT2D eigenvalue weighted by Gasteiger charge is -2.10. The van der Waals surface area contributed by atoms with E-state index < -0.39 is 0 Å². The SMILES string of the molecule is CC(C)C(=O)OCCNCc1cccc2ccccc12. The van der Waals surface area contributed by atoms with Gasteiger partial charge in [0.1, 0.15) is 6.61 Å². The van der Waals surface area contributed by atoms with Crippen LogP contribution in [0.2, 0.25) is 0 Å². The first-order chi connectivity index (χ1) is 9.68. The van der Waals surface area contributed by atoms with Crippen molar-refractivity contribution in [1.29, 1.82) is 0 Å². The Bertz CT molecular complexity index is 573. The highest BCUT2D eigenvalue weighted by molar-refractivity contribution is 5.85. The van der Waals surface area contributed by atoms with Crippen molar-refractivity contribution in [2.45, 2.75) is 20.4 Å². The van der Waals surface area contributed by atoms with E-state index in [4.69, 9.17) is 4.74 Å². The third-order valence-electron chi connectivity index (χ3n) is 3.19. The molecule has 1 N–H and O–H groups in total. The number of rotatable bonds is 6. The molecule has 0 unspecified atom stereocenters. The Morgan fingerprint density at radius 3 is 2.70 bits per heavy atom. The number of carbonyl (C=O) groups excluding carboxylic acids is 1. The van der Waals surface area contributed by atoms with Gasteiger partial charge in [-0.2, -0.15) is 0 Å². The maximum Gasteiger partial charge on any atom is 0.308 e. The monoisotopic (exact) mass is 271 g/mol. The van der Waals surface area contributed by atoms with Crippen molar-refractivity contribution in [3.05, 3.63) is 48.0 Å². The van der Waals surface area contributed by atoms with Crippen LogP contribution in [0.15, 0.2) is 42.5 Å². The minimum Gasteiger partial charge on any atom is -0.464 e. The van der Waals surface area contributed by atoms with Crippen LogP contribution in [0.3, 0.4) is 0 Å². The summed E-state index contributed by atoms with van der Waals surface area (Å²) in [6, 6.07) is 14.6. The molecule has 0 heterocycles. The molecule has 0 saturated carbocycles. The lowest BCUT2D eigenvalue weighted by molar-refractivity contribution is -0.147. The second-order valence-electron chi connectivity index (χ2n) is 5.14. The molecule has 0 amide bonds. The summed E-state index contributed by atoms with van der Waals surface area (Å²) in [4.78, 5) is 11.3. The summed E-state index contributed by atoms with van der Waals surface area (Å²) in [6.45, 7) is 5.54. The van der Waals surface area contributed by atoms with Gasteiger partial charge < -0.3 is 10.1 Å². The van der Waals surface area contributed by atoms with E-state index in [1.807, 2.05) is 19.9 Å². The number of carbonyl (C=O) groups is 1. The number of hydrogen-bond acceptors (Lipinski definition) is 3. The molecule has 0 aromatic heterocycles. The van der Waals surface area contributed by atoms with Gasteiger partial charge in [-0.25, -0.2) is 0 Å². The van der Waals surface area contributed by atoms with Gasteiger partial charge in [-0.3, -0.25) is 4.79 Å². The predicted octanol–water partition coefficient (Wildman–Crippen LogP) is 3.13. The van der Waals surface area contributed by atoms with Gasteiger partial charge in [0.25, 0.3) is 0 Å². The Balaban J connectivity index is 1.83. The lowest BCUT2D eigenvalue weighted by atomic mass is 10.0. The highest BCUT2D eigenvalue weighted by atomic mass is 16.5. The molecule has 0 aliphatic carbocycles. The van der Waals surface area contributed by atoms with Gasteiger partial charge in [0.05, 0.1) is 5.92 Å². The molecule has 0 atom stereocenters. The highest BCUT2D eigenvalue weighted by Gasteiger charge is 2.07. The molecule has 0 aliphatic rings. The van der Waals surface area contributed by atoms with Gasteiger partial charge in [0, 0.05) is 13.1 Å². The van der Waals surface area contributed by atoms with Gasteiger partial charge in [0.2, 0.25) is 0 Å². The van der Waals surface area contributed by atoms with Crippen LogP contribution < -0.4 is 5.32 Å². The average Bonchev–Trinajstić information content (AvgIpc) is 2.46. The summed E-state index contributed by atoms with van der Waals surface area (Å²) >= 11 is 0. The second kappa shape index (κ2) is 7.06. The number of hydrogen-bond donors (Lipinski definition) is 1. The quantitative estimate of drug-likeness (QED) is 0.648. The molecule has 3 heteroatoms. The van der Waals surface area contributed by atoms with E-state index in [0.717, 1.165) is 6.54 Å². The third kappa shape index (κ3) is 3.81. The maximum absolute atomic E-state index is 11.3. The van der Waals surface area contributed by atoms with Crippen molar-refractivity contribution in [1.82, 2.24) is 5.32 Å². The summed E-state index contributed by atoms with van der Waals surface area (Å²) < 4.78 is 5.13. The largest absolute Gasteiger partial charge is 0.464 e. The zero-order valence-corrected chi connectivity index (χ0v) is 12.1. The third-order valence-corrected chi connectivity index (χ3v) is 3.19. The van der Waals surface area contributed by atoms with E-state index in [-0.39, 0.29) is 11.9 Å². The lowest BCUT2D eigenvalue weighted by Crippen LogP contribution is -2.22. The van der Waals surface area contributed by atoms with E-state index in [2.05, 4.69) is 41.7 Å². The van der Waals surface area contributed by atoms with E-state index >= 15 is 0 Å². The first-order valence-electron chi connectivity index (χ1n) is 7.02. The molecule has 0 bridgehead atoms. The van der Waals surface area contributed by atoms with Gasteiger partial charge >= 0.3 is 5.97 Å². The summed E-state index contributed by atoms with van der Waals surface area (Å²) in [5.41, 5.74) is 1.26. The van der Waals surface area contributed by atoms with Crippen LogP contribution in [0.5, 0.6) is 0 Å². The van der Waals surface area contributed by atoms with Gasteiger partial charge in [-0.15, -0.1) is 0 Å². The molecule has 20 heavy (non-hydrogen) atoms. The number of benzene rings is 2. The Morgan fingerprint density at radius 1 is 1.15 bits per heavy atom. The first-order valence-corrected chi connectivity index (χ1v) is 7.02. The number of fused-ring (bicyclic) bond motifs is 1. The van der Waals surface area contributed by atoms with Crippen LogP contribution in [0, 0.1) is 5.92 Å². The topological polar surface area (TPSA) is 38.3 Å². The smallest absolute Gasteiger partial charge is 0.308 e. The molecule has 0 radical (unpaired) electrons. The van der Waals surface area contributed by atoms with Crippen LogP contribution in [-0.4, -0.2) is 19.1 Å². The van der Waals surface area contributed by atoms with Crippen molar-refractivity contribution in [3.63, 3.8) is 0 Å².